The maximum Gasteiger partial charge on any atom is 0.322 e. The standard InChI is InChI=1S/C15H17N3O3/c19-13(9-4-1-2-5-9)16-11-7-3-6-10(8-11)12-14(20)18-15(21)17-12/h3,6-9,12H,1-2,4-5H2,(H,16,19)(H2,17,18,20,21). The van der Waals surface area contributed by atoms with Crippen LogP contribution in [0.25, 0.3) is 0 Å². The second kappa shape index (κ2) is 5.55. The van der Waals surface area contributed by atoms with E-state index in [9.17, 15) is 14.4 Å². The highest BCUT2D eigenvalue weighted by Gasteiger charge is 2.31. The van der Waals surface area contributed by atoms with Crippen molar-refractivity contribution in [3.8, 4) is 0 Å². The largest absolute Gasteiger partial charge is 0.326 e. The van der Waals surface area contributed by atoms with Crippen LogP contribution in [0.5, 0.6) is 0 Å². The Morgan fingerprint density at radius 2 is 1.95 bits per heavy atom. The molecular weight excluding hydrogens is 270 g/mol. The average molecular weight is 287 g/mol. The van der Waals surface area contributed by atoms with E-state index in [4.69, 9.17) is 0 Å². The van der Waals surface area contributed by atoms with Crippen molar-refractivity contribution in [3.05, 3.63) is 29.8 Å². The van der Waals surface area contributed by atoms with Gasteiger partial charge in [0.1, 0.15) is 6.04 Å². The van der Waals surface area contributed by atoms with E-state index in [-0.39, 0.29) is 17.7 Å². The van der Waals surface area contributed by atoms with E-state index in [2.05, 4.69) is 16.0 Å². The molecule has 1 aliphatic carbocycles. The van der Waals surface area contributed by atoms with Crippen molar-refractivity contribution in [2.45, 2.75) is 31.7 Å². The number of nitrogens with one attached hydrogen (secondary N) is 3. The lowest BCUT2D eigenvalue weighted by Gasteiger charge is -2.13. The van der Waals surface area contributed by atoms with E-state index in [1.165, 1.54) is 0 Å². The Morgan fingerprint density at radius 3 is 2.62 bits per heavy atom. The summed E-state index contributed by atoms with van der Waals surface area (Å²) in [4.78, 5) is 34.9. The molecule has 1 aromatic rings. The van der Waals surface area contributed by atoms with Gasteiger partial charge in [-0.05, 0) is 30.5 Å². The van der Waals surface area contributed by atoms with Crippen LogP contribution >= 0.6 is 0 Å². The summed E-state index contributed by atoms with van der Waals surface area (Å²) in [6, 6.07) is 5.83. The first-order valence-corrected chi connectivity index (χ1v) is 7.15. The molecule has 3 rings (SSSR count). The third-order valence-electron chi connectivity index (χ3n) is 3.99. The minimum absolute atomic E-state index is 0.0320. The molecule has 6 heteroatoms. The summed E-state index contributed by atoms with van der Waals surface area (Å²) < 4.78 is 0. The monoisotopic (exact) mass is 287 g/mol. The zero-order valence-corrected chi connectivity index (χ0v) is 11.5. The number of rotatable bonds is 3. The molecule has 1 unspecified atom stereocenters. The first-order chi connectivity index (χ1) is 10.1. The van der Waals surface area contributed by atoms with Crippen molar-refractivity contribution < 1.29 is 14.4 Å². The highest BCUT2D eigenvalue weighted by molar-refractivity contribution is 6.04. The van der Waals surface area contributed by atoms with Crippen molar-refractivity contribution in [2.75, 3.05) is 5.32 Å². The summed E-state index contributed by atoms with van der Waals surface area (Å²) in [5.74, 6) is -0.257. The molecule has 3 N–H and O–H groups in total. The first kappa shape index (κ1) is 13.6. The van der Waals surface area contributed by atoms with Crippen LogP contribution in [-0.4, -0.2) is 17.8 Å². The quantitative estimate of drug-likeness (QED) is 0.739. The van der Waals surface area contributed by atoms with Crippen molar-refractivity contribution in [1.29, 1.82) is 0 Å². The molecule has 1 saturated heterocycles. The molecule has 0 radical (unpaired) electrons. The van der Waals surface area contributed by atoms with Crippen LogP contribution in [0.15, 0.2) is 24.3 Å². The zero-order valence-electron chi connectivity index (χ0n) is 11.5. The molecule has 0 aromatic heterocycles. The van der Waals surface area contributed by atoms with Crippen molar-refractivity contribution in [3.63, 3.8) is 0 Å². The van der Waals surface area contributed by atoms with Crippen molar-refractivity contribution >= 4 is 23.5 Å². The molecule has 110 valence electrons. The SMILES string of the molecule is O=C1NC(=O)C(c2cccc(NC(=O)C3CCCC3)c2)N1. The number of hydrogen-bond donors (Lipinski definition) is 3. The molecule has 1 aromatic carbocycles. The summed E-state index contributed by atoms with van der Waals surface area (Å²) in [6.07, 6.45) is 4.08. The first-order valence-electron chi connectivity index (χ1n) is 7.15. The second-order valence-electron chi connectivity index (χ2n) is 5.49. The van der Waals surface area contributed by atoms with Gasteiger partial charge in [-0.25, -0.2) is 4.79 Å². The Hall–Kier alpha value is -2.37. The Labute approximate surface area is 122 Å². The van der Waals surface area contributed by atoms with Gasteiger partial charge in [-0.1, -0.05) is 25.0 Å². The Kier molecular flexibility index (Phi) is 3.60. The number of benzene rings is 1. The van der Waals surface area contributed by atoms with Gasteiger partial charge in [0, 0.05) is 11.6 Å². The van der Waals surface area contributed by atoms with Gasteiger partial charge in [0.25, 0.3) is 5.91 Å². The predicted octanol–water partition coefficient (Wildman–Crippen LogP) is 1.70. The number of carbonyl (C=O) groups excluding carboxylic acids is 3. The van der Waals surface area contributed by atoms with E-state index in [1.807, 2.05) is 0 Å². The van der Waals surface area contributed by atoms with Crippen LogP contribution in [-0.2, 0) is 9.59 Å². The van der Waals surface area contributed by atoms with Gasteiger partial charge < -0.3 is 10.6 Å². The molecule has 0 bridgehead atoms. The molecule has 2 fully saturated rings. The van der Waals surface area contributed by atoms with E-state index >= 15 is 0 Å². The summed E-state index contributed by atoms with van der Waals surface area (Å²) in [7, 11) is 0. The molecule has 2 aliphatic rings. The molecule has 1 atom stereocenters. The van der Waals surface area contributed by atoms with E-state index in [1.54, 1.807) is 24.3 Å². The second-order valence-corrected chi connectivity index (χ2v) is 5.49. The van der Waals surface area contributed by atoms with Gasteiger partial charge in [0.15, 0.2) is 0 Å². The van der Waals surface area contributed by atoms with Gasteiger partial charge in [0.05, 0.1) is 0 Å². The lowest BCUT2D eigenvalue weighted by molar-refractivity contribution is -0.120. The van der Waals surface area contributed by atoms with Gasteiger partial charge in [-0.3, -0.25) is 14.9 Å². The number of carbonyl (C=O) groups is 3. The Morgan fingerprint density at radius 1 is 1.19 bits per heavy atom. The van der Waals surface area contributed by atoms with E-state index in [0.29, 0.717) is 11.3 Å². The molecule has 4 amide bonds. The molecule has 21 heavy (non-hydrogen) atoms. The summed E-state index contributed by atoms with van der Waals surface area (Å²) in [5, 5.41) is 7.63. The molecule has 6 nitrogen and oxygen atoms in total. The van der Waals surface area contributed by atoms with E-state index in [0.717, 1.165) is 25.7 Å². The predicted molar refractivity (Wildman–Crippen MR) is 76.4 cm³/mol. The maximum absolute atomic E-state index is 12.1. The summed E-state index contributed by atoms with van der Waals surface area (Å²) in [5.41, 5.74) is 1.31. The molecule has 1 aliphatic heterocycles. The lowest BCUT2D eigenvalue weighted by atomic mass is 10.1. The van der Waals surface area contributed by atoms with Gasteiger partial charge in [-0.2, -0.15) is 0 Å². The number of amides is 4. The smallest absolute Gasteiger partial charge is 0.322 e. The fourth-order valence-corrected chi connectivity index (χ4v) is 2.88. The topological polar surface area (TPSA) is 87.3 Å². The normalized spacial score (nSPS) is 22.0. The summed E-state index contributed by atoms with van der Waals surface area (Å²) >= 11 is 0. The number of imide groups is 1. The maximum atomic E-state index is 12.1. The van der Waals surface area contributed by atoms with Crippen LogP contribution in [0, 0.1) is 5.92 Å². The van der Waals surface area contributed by atoms with Crippen LogP contribution in [0.3, 0.4) is 0 Å². The van der Waals surface area contributed by atoms with Gasteiger partial charge in [-0.15, -0.1) is 0 Å². The van der Waals surface area contributed by atoms with Crippen molar-refractivity contribution in [2.24, 2.45) is 5.92 Å². The van der Waals surface area contributed by atoms with E-state index < -0.39 is 12.1 Å². The third kappa shape index (κ3) is 2.89. The van der Waals surface area contributed by atoms with Crippen LogP contribution < -0.4 is 16.0 Å². The Balaban J connectivity index is 1.72. The van der Waals surface area contributed by atoms with Gasteiger partial charge in [0.2, 0.25) is 5.91 Å². The molecule has 1 saturated carbocycles. The molecule has 1 heterocycles. The molecular formula is C15H17N3O3. The van der Waals surface area contributed by atoms with Crippen molar-refractivity contribution in [1.82, 2.24) is 10.6 Å². The highest BCUT2D eigenvalue weighted by Crippen LogP contribution is 2.26. The summed E-state index contributed by atoms with van der Waals surface area (Å²) in [6.45, 7) is 0. The fourth-order valence-electron chi connectivity index (χ4n) is 2.88. The fraction of sp³-hybridized carbons (Fsp3) is 0.400. The Bertz CT molecular complexity index is 594. The van der Waals surface area contributed by atoms with Gasteiger partial charge >= 0.3 is 6.03 Å². The average Bonchev–Trinajstić information content (AvgIpc) is 3.08. The molecule has 0 spiro atoms. The minimum atomic E-state index is -0.694. The number of anilines is 1. The van der Waals surface area contributed by atoms with Crippen LogP contribution in [0.1, 0.15) is 37.3 Å². The number of hydrogen-bond acceptors (Lipinski definition) is 3. The highest BCUT2D eigenvalue weighted by atomic mass is 16.2. The minimum Gasteiger partial charge on any atom is -0.326 e. The van der Waals surface area contributed by atoms with Crippen LogP contribution in [0.2, 0.25) is 0 Å². The zero-order chi connectivity index (χ0) is 14.8. The van der Waals surface area contributed by atoms with Crippen LogP contribution in [0.4, 0.5) is 10.5 Å². The third-order valence-corrected chi connectivity index (χ3v) is 3.99. The number of urea groups is 1. The lowest BCUT2D eigenvalue weighted by Crippen LogP contribution is -2.22.